The summed E-state index contributed by atoms with van der Waals surface area (Å²) >= 11 is 0. The van der Waals surface area contributed by atoms with Crippen molar-refractivity contribution in [1.29, 1.82) is 0 Å². The van der Waals surface area contributed by atoms with Crippen LogP contribution in [0, 0.1) is 6.92 Å². The van der Waals surface area contributed by atoms with E-state index in [1.54, 1.807) is 0 Å². The molecule has 0 spiro atoms. The van der Waals surface area contributed by atoms with Crippen molar-refractivity contribution < 1.29 is 4.74 Å². The summed E-state index contributed by atoms with van der Waals surface area (Å²) in [6.07, 6.45) is 10.4. The zero-order valence-electron chi connectivity index (χ0n) is 12.3. The molecule has 20 heavy (non-hydrogen) atoms. The first-order chi connectivity index (χ1) is 9.33. The number of halogens is 1. The van der Waals surface area contributed by atoms with Crippen molar-refractivity contribution in [2.45, 2.75) is 64.1 Å². The fraction of sp³-hybridized carbons (Fsp3) is 0.800. The lowest BCUT2D eigenvalue weighted by molar-refractivity contribution is 0.110. The van der Waals surface area contributed by atoms with E-state index in [9.17, 15) is 0 Å². The predicted molar refractivity (Wildman–Crippen MR) is 82.4 cm³/mol. The van der Waals surface area contributed by atoms with Gasteiger partial charge in [-0.15, -0.1) is 12.4 Å². The van der Waals surface area contributed by atoms with Crippen molar-refractivity contribution >= 4 is 12.4 Å². The highest BCUT2D eigenvalue weighted by molar-refractivity contribution is 5.85. The summed E-state index contributed by atoms with van der Waals surface area (Å²) in [6.45, 7) is 4.94. The number of rotatable bonds is 5. The molecule has 1 aliphatic heterocycles. The van der Waals surface area contributed by atoms with Gasteiger partial charge in [-0.25, -0.2) is 0 Å². The third-order valence-corrected chi connectivity index (χ3v) is 4.43. The largest absolute Gasteiger partial charge is 0.377 e. The third-order valence-electron chi connectivity index (χ3n) is 4.43. The molecule has 4 nitrogen and oxygen atoms in total. The molecule has 5 heteroatoms. The first kappa shape index (κ1) is 15.8. The lowest BCUT2D eigenvalue weighted by Gasteiger charge is -2.10. The summed E-state index contributed by atoms with van der Waals surface area (Å²) in [5.74, 6) is 0. The lowest BCUT2D eigenvalue weighted by atomic mass is 10.2. The normalized spacial score (nSPS) is 23.1. The zero-order valence-corrected chi connectivity index (χ0v) is 13.1. The fourth-order valence-corrected chi connectivity index (χ4v) is 3.22. The monoisotopic (exact) mass is 299 g/mol. The Labute approximate surface area is 127 Å². The van der Waals surface area contributed by atoms with Crippen molar-refractivity contribution in [1.82, 2.24) is 15.1 Å². The van der Waals surface area contributed by atoms with Crippen molar-refractivity contribution in [3.05, 3.63) is 17.5 Å². The topological polar surface area (TPSA) is 39.1 Å². The summed E-state index contributed by atoms with van der Waals surface area (Å²) in [7, 11) is 0. The van der Waals surface area contributed by atoms with Gasteiger partial charge in [-0.3, -0.25) is 4.68 Å². The molecule has 0 radical (unpaired) electrons. The Bertz CT molecular complexity index is 409. The van der Waals surface area contributed by atoms with E-state index in [-0.39, 0.29) is 12.4 Å². The van der Waals surface area contributed by atoms with Crippen LogP contribution in [0.5, 0.6) is 0 Å². The van der Waals surface area contributed by atoms with E-state index < -0.39 is 0 Å². The van der Waals surface area contributed by atoms with Gasteiger partial charge in [0.25, 0.3) is 0 Å². The van der Waals surface area contributed by atoms with Crippen molar-refractivity contribution in [2.75, 3.05) is 13.2 Å². The molecule has 0 aromatic carbocycles. The van der Waals surface area contributed by atoms with Crippen molar-refractivity contribution in [3.63, 3.8) is 0 Å². The fourth-order valence-electron chi connectivity index (χ4n) is 3.22. The minimum atomic E-state index is 0. The molecule has 1 aromatic rings. The molecule has 0 amide bonds. The minimum absolute atomic E-state index is 0. The summed E-state index contributed by atoms with van der Waals surface area (Å²) in [5.41, 5.74) is 2.51. The number of hydrogen-bond donors (Lipinski definition) is 1. The molecule has 1 aromatic heterocycles. The van der Waals surface area contributed by atoms with Gasteiger partial charge >= 0.3 is 0 Å². The molecule has 1 saturated heterocycles. The van der Waals surface area contributed by atoms with Gasteiger partial charge in [0.15, 0.2) is 0 Å². The summed E-state index contributed by atoms with van der Waals surface area (Å²) in [5, 5.41) is 8.20. The minimum Gasteiger partial charge on any atom is -0.377 e. The summed E-state index contributed by atoms with van der Waals surface area (Å²) in [4.78, 5) is 0. The molecule has 2 fully saturated rings. The van der Waals surface area contributed by atoms with Gasteiger partial charge < -0.3 is 10.1 Å². The van der Waals surface area contributed by atoms with Crippen LogP contribution in [0.1, 0.15) is 55.8 Å². The van der Waals surface area contributed by atoms with Crippen LogP contribution in [-0.4, -0.2) is 29.0 Å². The Morgan fingerprint density at radius 3 is 2.80 bits per heavy atom. The van der Waals surface area contributed by atoms with Crippen LogP contribution in [0.25, 0.3) is 0 Å². The van der Waals surface area contributed by atoms with Crippen LogP contribution in [0.4, 0.5) is 0 Å². The smallest absolute Gasteiger partial charge is 0.0700 e. The molecule has 1 atom stereocenters. The Kier molecular flexibility index (Phi) is 5.87. The zero-order chi connectivity index (χ0) is 13.1. The second kappa shape index (κ2) is 7.43. The number of nitrogens with zero attached hydrogens (tertiary/aromatic N) is 2. The molecule has 1 saturated carbocycles. The van der Waals surface area contributed by atoms with Gasteiger partial charge in [-0.2, -0.15) is 5.10 Å². The number of aryl methyl sites for hydroxylation is 1. The standard InChI is InChI=1S/C15H25N3O.ClH/c1-12-13(9-16-10-15-7-4-8-19-15)11-18(17-12)14-5-2-3-6-14;/h11,14-16H,2-10H2,1H3;1H. The molecule has 0 bridgehead atoms. The molecule has 1 N–H and O–H groups in total. The second-order valence-corrected chi connectivity index (χ2v) is 5.92. The van der Waals surface area contributed by atoms with Gasteiger partial charge in [-0.05, 0) is 32.6 Å². The molecule has 114 valence electrons. The van der Waals surface area contributed by atoms with Gasteiger partial charge in [0, 0.05) is 31.5 Å². The highest BCUT2D eigenvalue weighted by Crippen LogP contribution is 2.29. The Hall–Kier alpha value is -0.580. The maximum Gasteiger partial charge on any atom is 0.0700 e. The molecule has 2 aliphatic rings. The third kappa shape index (κ3) is 3.74. The number of ether oxygens (including phenoxy) is 1. The Morgan fingerprint density at radius 1 is 1.30 bits per heavy atom. The maximum absolute atomic E-state index is 5.62. The van der Waals surface area contributed by atoms with E-state index >= 15 is 0 Å². The first-order valence-electron chi connectivity index (χ1n) is 7.70. The molecule has 3 rings (SSSR count). The van der Waals surface area contributed by atoms with E-state index in [0.717, 1.165) is 19.7 Å². The van der Waals surface area contributed by atoms with Gasteiger partial charge in [0.1, 0.15) is 0 Å². The van der Waals surface area contributed by atoms with E-state index in [1.807, 2.05) is 0 Å². The Balaban J connectivity index is 0.00000147. The highest BCUT2D eigenvalue weighted by atomic mass is 35.5. The van der Waals surface area contributed by atoms with Crippen LogP contribution in [0.15, 0.2) is 6.20 Å². The number of nitrogens with one attached hydrogen (secondary N) is 1. The maximum atomic E-state index is 5.62. The Morgan fingerprint density at radius 2 is 2.10 bits per heavy atom. The number of hydrogen-bond acceptors (Lipinski definition) is 3. The second-order valence-electron chi connectivity index (χ2n) is 5.92. The van der Waals surface area contributed by atoms with E-state index in [2.05, 4.69) is 28.2 Å². The highest BCUT2D eigenvalue weighted by Gasteiger charge is 2.19. The molecule has 1 unspecified atom stereocenters. The van der Waals surface area contributed by atoms with Crippen LogP contribution in [0.2, 0.25) is 0 Å². The van der Waals surface area contributed by atoms with Crippen LogP contribution < -0.4 is 5.32 Å². The van der Waals surface area contributed by atoms with Crippen LogP contribution in [0.3, 0.4) is 0 Å². The SMILES string of the molecule is Cc1nn(C2CCCC2)cc1CNCC1CCCO1.Cl. The average molecular weight is 300 g/mol. The molecule has 2 heterocycles. The quantitative estimate of drug-likeness (QED) is 0.908. The molecular formula is C15H26ClN3O. The van der Waals surface area contributed by atoms with Crippen LogP contribution in [-0.2, 0) is 11.3 Å². The molecule has 1 aliphatic carbocycles. The average Bonchev–Trinajstić information content (AvgIpc) is 3.11. The summed E-state index contributed by atoms with van der Waals surface area (Å²) in [6, 6.07) is 0.644. The number of aromatic nitrogens is 2. The molecular weight excluding hydrogens is 274 g/mol. The van der Waals surface area contributed by atoms with E-state index in [4.69, 9.17) is 4.74 Å². The van der Waals surface area contributed by atoms with E-state index in [0.29, 0.717) is 12.1 Å². The van der Waals surface area contributed by atoms with E-state index in [1.165, 1.54) is 49.8 Å². The van der Waals surface area contributed by atoms with Crippen molar-refractivity contribution in [3.8, 4) is 0 Å². The van der Waals surface area contributed by atoms with Gasteiger partial charge in [-0.1, -0.05) is 12.8 Å². The summed E-state index contributed by atoms with van der Waals surface area (Å²) < 4.78 is 7.82. The van der Waals surface area contributed by atoms with Gasteiger partial charge in [0.05, 0.1) is 17.8 Å². The van der Waals surface area contributed by atoms with Crippen LogP contribution >= 0.6 is 12.4 Å². The van der Waals surface area contributed by atoms with Gasteiger partial charge in [0.2, 0.25) is 0 Å². The lowest BCUT2D eigenvalue weighted by Crippen LogP contribution is -2.25. The predicted octanol–water partition coefficient (Wildman–Crippen LogP) is 3.00. The first-order valence-corrected chi connectivity index (χ1v) is 7.70. The van der Waals surface area contributed by atoms with Crippen molar-refractivity contribution in [2.24, 2.45) is 0 Å².